The summed E-state index contributed by atoms with van der Waals surface area (Å²) in [5.41, 5.74) is 0.878. The smallest absolute Gasteiger partial charge is 0.351 e. The van der Waals surface area contributed by atoms with Crippen molar-refractivity contribution in [3.63, 3.8) is 0 Å². The minimum Gasteiger partial charge on any atom is -0.497 e. The van der Waals surface area contributed by atoms with Gasteiger partial charge in [0.2, 0.25) is 5.91 Å². The number of anilines is 1. The number of benzene rings is 3. The van der Waals surface area contributed by atoms with E-state index in [1.807, 2.05) is 78.9 Å². The molecule has 3 atom stereocenters. The number of aliphatic hydroxyl groups excluding tert-OH is 1. The van der Waals surface area contributed by atoms with Gasteiger partial charge in [0.25, 0.3) is 0 Å². The van der Waals surface area contributed by atoms with E-state index in [4.69, 9.17) is 18.9 Å². The van der Waals surface area contributed by atoms with Gasteiger partial charge in [0.05, 0.1) is 26.9 Å². The third-order valence-electron chi connectivity index (χ3n) is 7.29. The Bertz CT molecular complexity index is 1510. The van der Waals surface area contributed by atoms with Crippen molar-refractivity contribution >= 4 is 11.7 Å². The van der Waals surface area contributed by atoms with E-state index >= 15 is 0 Å². The standard InChI is InChI=1S/C32H33N3O7/c1-21(36)33-29-17-18-35(31(38)34-29)30-19-27(37)28(42-30)20-41-32(22-7-5-4-6-8-22,23-9-13-25(39-2)14-10-23)24-11-15-26(40-3)16-12-24/h4-18,27-28,30,37H,19-20H2,1-3H3,(H,33,34,36,38)/t27-,28+,30+/m1/s1. The number of carbonyl (C=O) groups is 1. The molecule has 5 rings (SSSR count). The molecule has 10 nitrogen and oxygen atoms in total. The molecule has 218 valence electrons. The lowest BCUT2D eigenvalue weighted by Crippen LogP contribution is -2.38. The Kier molecular flexibility index (Phi) is 8.67. The quantitative estimate of drug-likeness (QED) is 0.275. The number of nitrogens with zero attached hydrogens (tertiary/aromatic N) is 2. The minimum atomic E-state index is -1.08. The largest absolute Gasteiger partial charge is 0.497 e. The van der Waals surface area contributed by atoms with Gasteiger partial charge < -0.3 is 29.4 Å². The van der Waals surface area contributed by atoms with Gasteiger partial charge in [-0.1, -0.05) is 54.6 Å². The van der Waals surface area contributed by atoms with Crippen LogP contribution in [-0.2, 0) is 19.9 Å². The molecule has 1 aliphatic heterocycles. The van der Waals surface area contributed by atoms with Crippen LogP contribution in [0, 0.1) is 0 Å². The lowest BCUT2D eigenvalue weighted by molar-refractivity contribution is -0.114. The molecular weight excluding hydrogens is 538 g/mol. The van der Waals surface area contributed by atoms with E-state index in [0.29, 0.717) is 11.5 Å². The molecule has 1 amide bonds. The highest BCUT2D eigenvalue weighted by Crippen LogP contribution is 2.42. The van der Waals surface area contributed by atoms with Crippen LogP contribution in [0.15, 0.2) is 95.9 Å². The molecule has 2 N–H and O–H groups in total. The van der Waals surface area contributed by atoms with Gasteiger partial charge >= 0.3 is 5.69 Å². The first-order chi connectivity index (χ1) is 20.3. The third-order valence-corrected chi connectivity index (χ3v) is 7.29. The fraction of sp³-hybridized carbons (Fsp3) is 0.281. The Morgan fingerprint density at radius 1 is 0.952 bits per heavy atom. The Labute approximate surface area is 243 Å². The number of rotatable bonds is 10. The van der Waals surface area contributed by atoms with Gasteiger partial charge in [0, 0.05) is 19.5 Å². The second kappa shape index (κ2) is 12.6. The molecule has 4 aromatic rings. The van der Waals surface area contributed by atoms with Crippen molar-refractivity contribution in [2.24, 2.45) is 0 Å². The van der Waals surface area contributed by atoms with Crippen molar-refractivity contribution in [3.8, 4) is 11.5 Å². The second-order valence-electron chi connectivity index (χ2n) is 9.93. The summed E-state index contributed by atoms with van der Waals surface area (Å²) >= 11 is 0. The average molecular weight is 572 g/mol. The first-order valence-corrected chi connectivity index (χ1v) is 13.5. The number of methoxy groups -OCH3 is 2. The minimum absolute atomic E-state index is 0.0107. The van der Waals surface area contributed by atoms with Gasteiger partial charge in [-0.2, -0.15) is 4.98 Å². The number of hydrogen-bond donors (Lipinski definition) is 2. The number of amides is 1. The van der Waals surface area contributed by atoms with E-state index in [-0.39, 0.29) is 24.8 Å². The summed E-state index contributed by atoms with van der Waals surface area (Å²) in [6.45, 7) is 1.35. The van der Waals surface area contributed by atoms with Gasteiger partial charge in [0.15, 0.2) is 0 Å². The highest BCUT2D eigenvalue weighted by Gasteiger charge is 2.42. The summed E-state index contributed by atoms with van der Waals surface area (Å²) in [7, 11) is 3.23. The van der Waals surface area contributed by atoms with Crippen LogP contribution in [0.5, 0.6) is 11.5 Å². The normalized spacial score (nSPS) is 18.4. The van der Waals surface area contributed by atoms with Crippen molar-refractivity contribution < 1.29 is 28.8 Å². The van der Waals surface area contributed by atoms with E-state index in [1.54, 1.807) is 14.2 Å². The first kappa shape index (κ1) is 29.0. The van der Waals surface area contributed by atoms with Crippen LogP contribution in [0.3, 0.4) is 0 Å². The summed E-state index contributed by atoms with van der Waals surface area (Å²) in [6, 6.07) is 26.6. The van der Waals surface area contributed by atoms with Crippen LogP contribution >= 0.6 is 0 Å². The van der Waals surface area contributed by atoms with Crippen molar-refractivity contribution in [2.45, 2.75) is 37.4 Å². The number of aromatic nitrogens is 2. The fourth-order valence-corrected chi connectivity index (χ4v) is 5.20. The van der Waals surface area contributed by atoms with E-state index in [9.17, 15) is 14.7 Å². The van der Waals surface area contributed by atoms with Crippen LogP contribution < -0.4 is 20.5 Å². The number of ether oxygens (including phenoxy) is 4. The maximum absolute atomic E-state index is 12.7. The zero-order chi connectivity index (χ0) is 29.7. The lowest BCUT2D eigenvalue weighted by atomic mass is 9.80. The maximum Gasteiger partial charge on any atom is 0.351 e. The highest BCUT2D eigenvalue weighted by molar-refractivity contribution is 5.87. The SMILES string of the molecule is COc1ccc(C(OC[C@@H]2O[C@H](n3ccc(NC(C)=O)nc3=O)C[C@H]2O)(c2ccccc2)c2ccc(OC)cc2)cc1. The molecule has 1 fully saturated rings. The predicted octanol–water partition coefficient (Wildman–Crippen LogP) is 3.88. The molecule has 2 heterocycles. The van der Waals surface area contributed by atoms with Crippen molar-refractivity contribution in [2.75, 3.05) is 26.1 Å². The van der Waals surface area contributed by atoms with Gasteiger partial charge in [-0.05, 0) is 47.0 Å². The molecule has 0 bridgehead atoms. The highest BCUT2D eigenvalue weighted by atomic mass is 16.6. The summed E-state index contributed by atoms with van der Waals surface area (Å²) in [5.74, 6) is 1.22. The zero-order valence-electron chi connectivity index (χ0n) is 23.6. The zero-order valence-corrected chi connectivity index (χ0v) is 23.6. The summed E-state index contributed by atoms with van der Waals surface area (Å²) in [6.07, 6.45) is -0.746. The van der Waals surface area contributed by atoms with Crippen LogP contribution in [0.1, 0.15) is 36.3 Å². The van der Waals surface area contributed by atoms with Crippen LogP contribution in [0.4, 0.5) is 5.82 Å². The summed E-state index contributed by atoms with van der Waals surface area (Å²) in [4.78, 5) is 27.9. The predicted molar refractivity (Wildman–Crippen MR) is 156 cm³/mol. The van der Waals surface area contributed by atoms with Crippen LogP contribution in [-0.4, -0.2) is 53.6 Å². The second-order valence-corrected chi connectivity index (χ2v) is 9.93. The van der Waals surface area contributed by atoms with E-state index in [2.05, 4.69) is 10.3 Å². The topological polar surface area (TPSA) is 121 Å². The number of aliphatic hydroxyl groups is 1. The van der Waals surface area contributed by atoms with E-state index in [0.717, 1.165) is 16.7 Å². The van der Waals surface area contributed by atoms with Crippen molar-refractivity contribution in [1.82, 2.24) is 9.55 Å². The molecule has 3 aromatic carbocycles. The molecule has 42 heavy (non-hydrogen) atoms. The molecule has 0 unspecified atom stereocenters. The van der Waals surface area contributed by atoms with E-state index in [1.165, 1.54) is 23.8 Å². The van der Waals surface area contributed by atoms with Crippen LogP contribution in [0.25, 0.3) is 0 Å². The number of carbonyl (C=O) groups excluding carboxylic acids is 1. The van der Waals surface area contributed by atoms with Crippen molar-refractivity contribution in [3.05, 3.63) is 118 Å². The molecule has 0 saturated carbocycles. The molecule has 1 saturated heterocycles. The summed E-state index contributed by atoms with van der Waals surface area (Å²) in [5, 5.41) is 13.5. The first-order valence-electron chi connectivity index (χ1n) is 13.5. The van der Waals surface area contributed by atoms with Gasteiger partial charge in [-0.25, -0.2) is 4.79 Å². The third kappa shape index (κ3) is 5.91. The monoisotopic (exact) mass is 571 g/mol. The van der Waals surface area contributed by atoms with Gasteiger partial charge in [-0.3, -0.25) is 9.36 Å². The van der Waals surface area contributed by atoms with Gasteiger partial charge in [0.1, 0.15) is 35.2 Å². The van der Waals surface area contributed by atoms with Gasteiger partial charge in [-0.15, -0.1) is 0 Å². The molecule has 0 spiro atoms. The molecule has 0 aliphatic carbocycles. The van der Waals surface area contributed by atoms with Crippen LogP contribution in [0.2, 0.25) is 0 Å². The maximum atomic E-state index is 12.7. The summed E-state index contributed by atoms with van der Waals surface area (Å²) < 4.78 is 25.1. The van der Waals surface area contributed by atoms with E-state index < -0.39 is 29.7 Å². The fourth-order valence-electron chi connectivity index (χ4n) is 5.20. The molecule has 1 aliphatic rings. The molecule has 10 heteroatoms. The number of nitrogens with one attached hydrogen (secondary N) is 1. The molecule has 0 radical (unpaired) electrons. The Hall–Kier alpha value is -4.51. The Morgan fingerprint density at radius 2 is 1.52 bits per heavy atom. The Morgan fingerprint density at radius 3 is 2.05 bits per heavy atom. The lowest BCUT2D eigenvalue weighted by Gasteiger charge is -2.37. The van der Waals surface area contributed by atoms with Crippen molar-refractivity contribution in [1.29, 1.82) is 0 Å². The average Bonchev–Trinajstić information content (AvgIpc) is 3.38. The Balaban J connectivity index is 1.49. The molecule has 1 aromatic heterocycles. The molecular formula is C32H33N3O7. The number of hydrogen-bond acceptors (Lipinski definition) is 8.